The van der Waals surface area contributed by atoms with Crippen molar-refractivity contribution < 1.29 is 9.59 Å². The van der Waals surface area contributed by atoms with Crippen LogP contribution >= 0.6 is 0 Å². The summed E-state index contributed by atoms with van der Waals surface area (Å²) in [5.41, 5.74) is 1.86. The molecule has 18 heavy (non-hydrogen) atoms. The van der Waals surface area contributed by atoms with Gasteiger partial charge in [-0.2, -0.15) is 0 Å². The van der Waals surface area contributed by atoms with Crippen LogP contribution in [0.3, 0.4) is 0 Å². The lowest BCUT2D eigenvalue weighted by Gasteiger charge is -2.17. The summed E-state index contributed by atoms with van der Waals surface area (Å²) in [6.07, 6.45) is 0.641. The zero-order chi connectivity index (χ0) is 12.7. The number of carbonyl (C=O) groups is 2. The number of rotatable bonds is 1. The van der Waals surface area contributed by atoms with E-state index in [4.69, 9.17) is 0 Å². The van der Waals surface area contributed by atoms with Gasteiger partial charge in [-0.3, -0.25) is 9.59 Å². The van der Waals surface area contributed by atoms with Crippen LogP contribution in [0.5, 0.6) is 0 Å². The minimum Gasteiger partial charge on any atom is -0.274 e. The first-order valence-corrected chi connectivity index (χ1v) is 6.02. The van der Waals surface area contributed by atoms with Gasteiger partial charge in [-0.15, -0.1) is 0 Å². The quantitative estimate of drug-likeness (QED) is 0.717. The predicted octanol–water partition coefficient (Wildman–Crippen LogP) is 2.80. The first kappa shape index (κ1) is 11.0. The van der Waals surface area contributed by atoms with Crippen molar-refractivity contribution in [3.05, 3.63) is 42.0 Å². The predicted molar refractivity (Wildman–Crippen MR) is 70.4 cm³/mol. The van der Waals surface area contributed by atoms with Gasteiger partial charge >= 0.3 is 0 Å². The Hall–Kier alpha value is -2.16. The molecule has 0 aromatic heterocycles. The van der Waals surface area contributed by atoms with Crippen LogP contribution in [0, 0.1) is 6.92 Å². The summed E-state index contributed by atoms with van der Waals surface area (Å²) >= 11 is 0. The Morgan fingerprint density at radius 1 is 0.889 bits per heavy atom. The molecule has 0 bridgehead atoms. The Morgan fingerprint density at radius 3 is 2.22 bits per heavy atom. The van der Waals surface area contributed by atoms with E-state index in [9.17, 15) is 9.59 Å². The third-order valence-electron chi connectivity index (χ3n) is 3.41. The SMILES string of the molecule is Cc1cccc2c(N3C(=O)CCC3=O)cccc12. The van der Waals surface area contributed by atoms with Gasteiger partial charge in [0.05, 0.1) is 5.69 Å². The summed E-state index contributed by atoms with van der Waals surface area (Å²) in [5.74, 6) is -0.206. The summed E-state index contributed by atoms with van der Waals surface area (Å²) in [6.45, 7) is 2.03. The minimum atomic E-state index is -0.103. The van der Waals surface area contributed by atoms with Crippen LogP contribution in [-0.4, -0.2) is 11.8 Å². The van der Waals surface area contributed by atoms with Crippen LogP contribution in [-0.2, 0) is 9.59 Å². The number of fused-ring (bicyclic) bond motifs is 1. The van der Waals surface area contributed by atoms with Gasteiger partial charge in [-0.05, 0) is 23.9 Å². The van der Waals surface area contributed by atoms with Crippen molar-refractivity contribution in [1.29, 1.82) is 0 Å². The smallest absolute Gasteiger partial charge is 0.234 e. The second-order valence-corrected chi connectivity index (χ2v) is 4.57. The van der Waals surface area contributed by atoms with E-state index in [0.717, 1.165) is 16.3 Å². The van der Waals surface area contributed by atoms with E-state index in [-0.39, 0.29) is 11.8 Å². The van der Waals surface area contributed by atoms with E-state index >= 15 is 0 Å². The van der Waals surface area contributed by atoms with Crippen molar-refractivity contribution in [3.8, 4) is 0 Å². The number of aryl methyl sites for hydroxylation is 1. The van der Waals surface area contributed by atoms with Crippen molar-refractivity contribution in [2.24, 2.45) is 0 Å². The minimum absolute atomic E-state index is 0.103. The summed E-state index contributed by atoms with van der Waals surface area (Å²) in [7, 11) is 0. The third-order valence-corrected chi connectivity index (χ3v) is 3.41. The zero-order valence-corrected chi connectivity index (χ0v) is 10.1. The fourth-order valence-electron chi connectivity index (χ4n) is 2.49. The van der Waals surface area contributed by atoms with E-state index in [2.05, 4.69) is 0 Å². The van der Waals surface area contributed by atoms with Crippen LogP contribution in [0.15, 0.2) is 36.4 Å². The highest BCUT2D eigenvalue weighted by Crippen LogP contribution is 2.31. The lowest BCUT2D eigenvalue weighted by Crippen LogP contribution is -2.28. The van der Waals surface area contributed by atoms with Crippen molar-refractivity contribution in [3.63, 3.8) is 0 Å². The highest BCUT2D eigenvalue weighted by atomic mass is 16.2. The summed E-state index contributed by atoms with van der Waals surface area (Å²) < 4.78 is 0. The van der Waals surface area contributed by atoms with E-state index in [1.807, 2.05) is 43.3 Å². The standard InChI is InChI=1S/C15H13NO2/c1-10-4-2-6-12-11(10)5-3-7-13(12)16-14(17)8-9-15(16)18/h2-7H,8-9H2,1H3. The van der Waals surface area contributed by atoms with Gasteiger partial charge in [-0.1, -0.05) is 30.3 Å². The molecule has 90 valence electrons. The van der Waals surface area contributed by atoms with Gasteiger partial charge < -0.3 is 0 Å². The van der Waals surface area contributed by atoms with Crippen LogP contribution in [0.4, 0.5) is 5.69 Å². The monoisotopic (exact) mass is 239 g/mol. The summed E-state index contributed by atoms with van der Waals surface area (Å²) in [6, 6.07) is 11.7. The lowest BCUT2D eigenvalue weighted by molar-refractivity contribution is -0.121. The fourth-order valence-corrected chi connectivity index (χ4v) is 2.49. The molecule has 2 aromatic rings. The molecule has 0 radical (unpaired) electrons. The highest BCUT2D eigenvalue weighted by Gasteiger charge is 2.31. The Labute approximate surface area is 105 Å². The first-order chi connectivity index (χ1) is 8.68. The molecular weight excluding hydrogens is 226 g/mol. The number of imide groups is 1. The molecule has 0 saturated carbocycles. The number of nitrogens with zero attached hydrogens (tertiary/aromatic N) is 1. The largest absolute Gasteiger partial charge is 0.274 e. The lowest BCUT2D eigenvalue weighted by atomic mass is 10.0. The Balaban J connectivity index is 2.27. The average molecular weight is 239 g/mol. The number of hydrogen-bond donors (Lipinski definition) is 0. The van der Waals surface area contributed by atoms with Crippen LogP contribution in [0.25, 0.3) is 10.8 Å². The van der Waals surface area contributed by atoms with E-state index in [1.165, 1.54) is 4.90 Å². The molecule has 1 heterocycles. The van der Waals surface area contributed by atoms with Gasteiger partial charge in [0.1, 0.15) is 0 Å². The second-order valence-electron chi connectivity index (χ2n) is 4.57. The molecule has 2 aromatic carbocycles. The van der Waals surface area contributed by atoms with Crippen molar-refractivity contribution >= 4 is 28.3 Å². The maximum Gasteiger partial charge on any atom is 0.234 e. The molecular formula is C15H13NO2. The maximum absolute atomic E-state index is 11.8. The number of amides is 2. The molecule has 3 heteroatoms. The molecule has 1 saturated heterocycles. The number of carbonyl (C=O) groups excluding carboxylic acids is 2. The van der Waals surface area contributed by atoms with Crippen molar-refractivity contribution in [2.45, 2.75) is 19.8 Å². The first-order valence-electron chi connectivity index (χ1n) is 6.02. The molecule has 0 unspecified atom stereocenters. The average Bonchev–Trinajstić information content (AvgIpc) is 2.69. The van der Waals surface area contributed by atoms with E-state index in [0.29, 0.717) is 18.5 Å². The van der Waals surface area contributed by atoms with Gasteiger partial charge in [0.15, 0.2) is 0 Å². The number of hydrogen-bond acceptors (Lipinski definition) is 2. The van der Waals surface area contributed by atoms with Crippen LogP contribution in [0.1, 0.15) is 18.4 Å². The molecule has 0 atom stereocenters. The van der Waals surface area contributed by atoms with Crippen molar-refractivity contribution in [1.82, 2.24) is 0 Å². The molecule has 1 fully saturated rings. The Morgan fingerprint density at radius 2 is 1.50 bits per heavy atom. The molecule has 3 rings (SSSR count). The topological polar surface area (TPSA) is 37.4 Å². The Bertz CT molecular complexity index is 645. The number of anilines is 1. The van der Waals surface area contributed by atoms with Gasteiger partial charge in [-0.25, -0.2) is 4.90 Å². The number of benzene rings is 2. The second kappa shape index (κ2) is 3.95. The maximum atomic E-state index is 11.8. The van der Waals surface area contributed by atoms with Gasteiger partial charge in [0.25, 0.3) is 0 Å². The molecule has 0 N–H and O–H groups in total. The highest BCUT2D eigenvalue weighted by molar-refractivity contribution is 6.23. The summed E-state index contributed by atoms with van der Waals surface area (Å²) in [4.78, 5) is 25.0. The molecule has 0 aliphatic carbocycles. The zero-order valence-electron chi connectivity index (χ0n) is 10.1. The summed E-state index contributed by atoms with van der Waals surface area (Å²) in [5, 5.41) is 2.05. The fraction of sp³-hybridized carbons (Fsp3) is 0.200. The third kappa shape index (κ3) is 1.51. The van der Waals surface area contributed by atoms with Crippen molar-refractivity contribution in [2.75, 3.05) is 4.90 Å². The normalized spacial score (nSPS) is 15.7. The van der Waals surface area contributed by atoms with Crippen LogP contribution < -0.4 is 4.90 Å². The van der Waals surface area contributed by atoms with Crippen LogP contribution in [0.2, 0.25) is 0 Å². The van der Waals surface area contributed by atoms with E-state index in [1.54, 1.807) is 0 Å². The molecule has 0 spiro atoms. The Kier molecular flexibility index (Phi) is 2.40. The molecule has 1 aliphatic rings. The molecule has 3 nitrogen and oxygen atoms in total. The van der Waals surface area contributed by atoms with E-state index < -0.39 is 0 Å². The molecule has 1 aliphatic heterocycles. The van der Waals surface area contributed by atoms with Gasteiger partial charge in [0.2, 0.25) is 11.8 Å². The van der Waals surface area contributed by atoms with Gasteiger partial charge in [0, 0.05) is 18.2 Å². The molecule has 2 amide bonds.